The molecule has 1 atom stereocenters. The lowest BCUT2D eigenvalue weighted by atomic mass is 9.49. The van der Waals surface area contributed by atoms with Crippen molar-refractivity contribution in [2.24, 2.45) is 23.2 Å². The van der Waals surface area contributed by atoms with Crippen LogP contribution in [0.4, 0.5) is 5.69 Å². The molecule has 0 radical (unpaired) electrons. The first-order valence-electron chi connectivity index (χ1n) is 9.97. The van der Waals surface area contributed by atoms with Gasteiger partial charge in [0.1, 0.15) is 0 Å². The SMILES string of the molecule is CC(=O)Nc1ccc(C(=O)C(C)OC(=O)C23CC4CC(CC(C4)C2)C3)cc1. The van der Waals surface area contributed by atoms with Crippen LogP contribution in [0.1, 0.15) is 62.7 Å². The Bertz CT molecular complexity index is 732. The molecule has 5 nitrogen and oxygen atoms in total. The Morgan fingerprint density at radius 2 is 1.52 bits per heavy atom. The van der Waals surface area contributed by atoms with Crippen molar-refractivity contribution in [2.45, 2.75) is 58.5 Å². The first-order valence-corrected chi connectivity index (χ1v) is 9.97. The minimum atomic E-state index is -0.794. The molecule has 4 saturated carbocycles. The van der Waals surface area contributed by atoms with Crippen molar-refractivity contribution in [3.05, 3.63) is 29.8 Å². The molecule has 1 unspecified atom stereocenters. The third-order valence-electron chi connectivity index (χ3n) is 6.61. The number of ether oxygens (including phenoxy) is 1. The summed E-state index contributed by atoms with van der Waals surface area (Å²) in [4.78, 5) is 36.8. The van der Waals surface area contributed by atoms with Crippen LogP contribution in [0, 0.1) is 23.2 Å². The van der Waals surface area contributed by atoms with E-state index in [1.165, 1.54) is 26.2 Å². The van der Waals surface area contributed by atoms with Gasteiger partial charge >= 0.3 is 5.97 Å². The minimum absolute atomic E-state index is 0.160. The van der Waals surface area contributed by atoms with Gasteiger partial charge in [-0.05, 0) is 87.5 Å². The first-order chi connectivity index (χ1) is 12.8. The molecule has 1 aromatic carbocycles. The summed E-state index contributed by atoms with van der Waals surface area (Å²) in [6.07, 6.45) is 5.81. The molecular weight excluding hydrogens is 342 g/mol. The molecule has 0 aromatic heterocycles. The monoisotopic (exact) mass is 369 g/mol. The number of amides is 1. The second-order valence-electron chi connectivity index (χ2n) is 8.87. The number of carbonyl (C=O) groups is 3. The van der Waals surface area contributed by atoms with Crippen molar-refractivity contribution in [1.82, 2.24) is 0 Å². The fourth-order valence-corrected chi connectivity index (χ4v) is 5.86. The predicted octanol–water partition coefficient (Wildman–Crippen LogP) is 3.98. The lowest BCUT2D eigenvalue weighted by Crippen LogP contribution is -2.51. The third-order valence-corrected chi connectivity index (χ3v) is 6.61. The van der Waals surface area contributed by atoms with E-state index in [4.69, 9.17) is 4.74 Å². The highest BCUT2D eigenvalue weighted by molar-refractivity contribution is 6.01. The molecule has 0 saturated heterocycles. The highest BCUT2D eigenvalue weighted by Gasteiger charge is 2.55. The van der Waals surface area contributed by atoms with Gasteiger partial charge in [0, 0.05) is 18.2 Å². The maximum atomic E-state index is 13.0. The number of esters is 1. The zero-order valence-electron chi connectivity index (χ0n) is 16.0. The summed E-state index contributed by atoms with van der Waals surface area (Å²) in [5.41, 5.74) is 0.769. The Hall–Kier alpha value is -2.17. The van der Waals surface area contributed by atoms with Crippen molar-refractivity contribution in [1.29, 1.82) is 0 Å². The van der Waals surface area contributed by atoms with E-state index in [1.807, 2.05) is 0 Å². The number of rotatable bonds is 5. The molecule has 1 aromatic rings. The Morgan fingerprint density at radius 1 is 1.00 bits per heavy atom. The largest absolute Gasteiger partial charge is 0.454 e. The van der Waals surface area contributed by atoms with Crippen molar-refractivity contribution in [2.75, 3.05) is 5.32 Å². The molecule has 27 heavy (non-hydrogen) atoms. The summed E-state index contributed by atoms with van der Waals surface area (Å²) >= 11 is 0. The van der Waals surface area contributed by atoms with Crippen LogP contribution in [-0.2, 0) is 14.3 Å². The normalized spacial score (nSPS) is 32.0. The number of ketones is 1. The van der Waals surface area contributed by atoms with E-state index < -0.39 is 6.10 Å². The average molecular weight is 369 g/mol. The molecule has 1 N–H and O–H groups in total. The molecule has 4 bridgehead atoms. The van der Waals surface area contributed by atoms with Gasteiger partial charge in [-0.3, -0.25) is 14.4 Å². The number of Topliss-reactive ketones (excluding diaryl/α,β-unsaturated/α-hetero) is 1. The van der Waals surface area contributed by atoms with Crippen LogP contribution < -0.4 is 5.32 Å². The number of nitrogens with one attached hydrogen (secondary N) is 1. The minimum Gasteiger partial charge on any atom is -0.454 e. The highest BCUT2D eigenvalue weighted by atomic mass is 16.5. The van der Waals surface area contributed by atoms with Gasteiger partial charge in [-0.25, -0.2) is 0 Å². The molecule has 0 aliphatic heterocycles. The van der Waals surface area contributed by atoms with E-state index in [0.717, 1.165) is 19.3 Å². The average Bonchev–Trinajstić information content (AvgIpc) is 2.60. The summed E-state index contributed by atoms with van der Waals surface area (Å²) in [5, 5.41) is 2.67. The molecule has 1 amide bonds. The fraction of sp³-hybridized carbons (Fsp3) is 0.591. The Labute approximate surface area is 159 Å². The van der Waals surface area contributed by atoms with Crippen molar-refractivity contribution in [3.8, 4) is 0 Å². The molecule has 4 aliphatic carbocycles. The predicted molar refractivity (Wildman–Crippen MR) is 101 cm³/mol. The Kier molecular flexibility index (Phi) is 4.57. The van der Waals surface area contributed by atoms with Crippen LogP contribution in [0.5, 0.6) is 0 Å². The standard InChI is InChI=1S/C22H27NO4/c1-13(20(25)18-3-5-19(6-4-18)23-14(2)24)27-21(26)22-10-15-7-16(11-22)9-17(8-15)12-22/h3-6,13,15-17H,7-12H2,1-2H3,(H,23,24). The fourth-order valence-electron chi connectivity index (χ4n) is 5.86. The van der Waals surface area contributed by atoms with Gasteiger partial charge in [-0.2, -0.15) is 0 Å². The number of benzene rings is 1. The quantitative estimate of drug-likeness (QED) is 0.629. The zero-order valence-corrected chi connectivity index (χ0v) is 16.0. The molecule has 4 aliphatic rings. The van der Waals surface area contributed by atoms with Gasteiger partial charge in [0.05, 0.1) is 5.41 Å². The smallest absolute Gasteiger partial charge is 0.312 e. The summed E-state index contributed by atoms with van der Waals surface area (Å²) in [5.74, 6) is 1.45. The lowest BCUT2D eigenvalue weighted by Gasteiger charge is -2.55. The van der Waals surface area contributed by atoms with Crippen LogP contribution in [0.25, 0.3) is 0 Å². The number of anilines is 1. The molecule has 144 valence electrons. The Balaban J connectivity index is 1.41. The molecular formula is C22H27NO4. The van der Waals surface area contributed by atoms with Crippen LogP contribution >= 0.6 is 0 Å². The van der Waals surface area contributed by atoms with Crippen molar-refractivity contribution in [3.63, 3.8) is 0 Å². The molecule has 0 heterocycles. The second-order valence-corrected chi connectivity index (χ2v) is 8.87. The van der Waals surface area contributed by atoms with Crippen molar-refractivity contribution >= 4 is 23.3 Å². The maximum absolute atomic E-state index is 13.0. The summed E-state index contributed by atoms with van der Waals surface area (Å²) in [6, 6.07) is 6.68. The summed E-state index contributed by atoms with van der Waals surface area (Å²) < 4.78 is 5.69. The van der Waals surface area contributed by atoms with E-state index in [9.17, 15) is 14.4 Å². The number of hydrogen-bond acceptors (Lipinski definition) is 4. The molecule has 5 heteroatoms. The van der Waals surface area contributed by atoms with Gasteiger partial charge in [0.25, 0.3) is 0 Å². The second kappa shape index (κ2) is 6.77. The van der Waals surface area contributed by atoms with Gasteiger partial charge in [0.15, 0.2) is 6.10 Å². The summed E-state index contributed by atoms with van der Waals surface area (Å²) in [6.45, 7) is 3.09. The topological polar surface area (TPSA) is 72.5 Å². The van der Waals surface area contributed by atoms with E-state index in [0.29, 0.717) is 29.0 Å². The summed E-state index contributed by atoms with van der Waals surface area (Å²) in [7, 11) is 0. The first kappa shape index (κ1) is 18.2. The van der Waals surface area contributed by atoms with Gasteiger partial charge < -0.3 is 10.1 Å². The lowest BCUT2D eigenvalue weighted by molar-refractivity contribution is -0.174. The van der Waals surface area contributed by atoms with Crippen LogP contribution in [0.2, 0.25) is 0 Å². The van der Waals surface area contributed by atoms with Crippen LogP contribution in [-0.4, -0.2) is 23.8 Å². The molecule has 5 rings (SSSR count). The molecule has 0 spiro atoms. The van der Waals surface area contributed by atoms with E-state index >= 15 is 0 Å². The van der Waals surface area contributed by atoms with Crippen molar-refractivity contribution < 1.29 is 19.1 Å². The Morgan fingerprint density at radius 3 is 2.00 bits per heavy atom. The third kappa shape index (κ3) is 3.52. The highest BCUT2D eigenvalue weighted by Crippen LogP contribution is 2.60. The van der Waals surface area contributed by atoms with E-state index in [-0.39, 0.29) is 23.1 Å². The maximum Gasteiger partial charge on any atom is 0.312 e. The number of carbonyl (C=O) groups excluding carboxylic acids is 3. The van der Waals surface area contributed by atoms with Gasteiger partial charge in [-0.15, -0.1) is 0 Å². The number of hydrogen-bond donors (Lipinski definition) is 1. The zero-order chi connectivity index (χ0) is 19.2. The van der Waals surface area contributed by atoms with Crippen LogP contribution in [0.15, 0.2) is 24.3 Å². The van der Waals surface area contributed by atoms with Gasteiger partial charge in [0.2, 0.25) is 11.7 Å². The van der Waals surface area contributed by atoms with E-state index in [2.05, 4.69) is 5.32 Å². The van der Waals surface area contributed by atoms with E-state index in [1.54, 1.807) is 31.2 Å². The molecule has 4 fully saturated rings. The van der Waals surface area contributed by atoms with Gasteiger partial charge in [-0.1, -0.05) is 0 Å². The van der Waals surface area contributed by atoms with Crippen LogP contribution in [0.3, 0.4) is 0 Å².